The fourth-order valence-electron chi connectivity index (χ4n) is 4.59. The van der Waals surface area contributed by atoms with Crippen molar-refractivity contribution in [3.8, 4) is 0 Å². The molecule has 0 radical (unpaired) electrons. The normalized spacial score (nSPS) is 22.6. The number of nitrogens with zero attached hydrogens (tertiary/aromatic N) is 4. The van der Waals surface area contributed by atoms with Gasteiger partial charge in [-0.05, 0) is 6.42 Å². The molecule has 10 N–H and O–H groups in total. The largest absolute Gasteiger partial charge is 0.481 e. The van der Waals surface area contributed by atoms with Crippen LogP contribution in [0.3, 0.4) is 0 Å². The van der Waals surface area contributed by atoms with Gasteiger partial charge in [0, 0.05) is 36.6 Å². The summed E-state index contributed by atoms with van der Waals surface area (Å²) in [7, 11) is -16.4. The van der Waals surface area contributed by atoms with Gasteiger partial charge in [-0.25, -0.2) is 28.6 Å². The lowest BCUT2D eigenvalue weighted by Crippen LogP contribution is -2.46. The zero-order valence-corrected chi connectivity index (χ0v) is 32.9. The molecule has 24 nitrogen and oxygen atoms in total. The molecule has 1 aliphatic heterocycles. The minimum Gasteiger partial charge on any atom is -0.386 e. The zero-order chi connectivity index (χ0) is 40.6. The molecule has 54 heavy (non-hydrogen) atoms. The van der Waals surface area contributed by atoms with Crippen LogP contribution in [0.4, 0.5) is 5.82 Å². The van der Waals surface area contributed by atoms with Crippen molar-refractivity contribution in [2.24, 2.45) is 11.3 Å². The molecular weight excluding hydrogens is 807 g/mol. The van der Waals surface area contributed by atoms with Gasteiger partial charge in [-0.3, -0.25) is 32.5 Å². The number of aliphatic hydroxyl groups is 2. The first kappa shape index (κ1) is 45.9. The number of anilines is 1. The van der Waals surface area contributed by atoms with Gasteiger partial charge >= 0.3 is 23.5 Å². The van der Waals surface area contributed by atoms with Gasteiger partial charge in [-0.15, -0.1) is 0 Å². The van der Waals surface area contributed by atoms with Crippen LogP contribution in [0, 0.1) is 11.3 Å². The van der Waals surface area contributed by atoms with Crippen molar-refractivity contribution in [1.82, 2.24) is 30.2 Å². The molecule has 3 heterocycles. The van der Waals surface area contributed by atoms with Crippen LogP contribution in [0.15, 0.2) is 12.7 Å². The second-order valence-electron chi connectivity index (χ2n) is 12.5. The summed E-state index contributed by atoms with van der Waals surface area (Å²) in [4.78, 5) is 87.3. The monoisotopic (exact) mass is 851 g/mol. The molecule has 0 aromatic carbocycles. The number of carbonyl (C=O) groups excluding carboxylic acids is 3. The highest BCUT2D eigenvalue weighted by Gasteiger charge is 2.50. The number of ether oxygens (including phenoxy) is 1. The van der Waals surface area contributed by atoms with Crippen molar-refractivity contribution >= 4 is 69.1 Å². The van der Waals surface area contributed by atoms with Gasteiger partial charge in [-0.2, -0.15) is 4.31 Å². The van der Waals surface area contributed by atoms with Crippen molar-refractivity contribution in [3.63, 3.8) is 0 Å². The molecule has 2 amide bonds. The van der Waals surface area contributed by atoms with E-state index in [1.165, 1.54) is 13.8 Å². The van der Waals surface area contributed by atoms with Crippen molar-refractivity contribution in [2.75, 3.05) is 37.8 Å². The Morgan fingerprint density at radius 3 is 2.39 bits per heavy atom. The number of phosphoric ester groups is 3. The molecular formula is C26H44N7O17P3S. The van der Waals surface area contributed by atoms with E-state index < -0.39 is 84.6 Å². The van der Waals surface area contributed by atoms with Crippen LogP contribution >= 0.6 is 35.2 Å². The third-order valence-electron chi connectivity index (χ3n) is 7.76. The standard InChI is InChI=1S/C26H44N7O17P3S/c1-5-14(2)25(38)54-9-8-28-16(34)6-7-29-23(37)20(36)26(3,4)11-47-53(44,45)50-52(42,43)46-10-15-19(49-51(39,40)41)18(35)24(48-15)33-13-32-17-21(27)30-12-31-22(17)33/h12-15,18-20,24,35-36H,5-11H2,1-4H3,(H,28,34)(H,29,37)(H,42,43)(H,44,45)(H2,27,30,31)(H2,39,40,41)/t14-,15+,18?,19-,20-,24+/m0/s1. The van der Waals surface area contributed by atoms with Crippen molar-refractivity contribution in [1.29, 1.82) is 0 Å². The number of aromatic nitrogens is 4. The summed E-state index contributed by atoms with van der Waals surface area (Å²) >= 11 is 1.10. The molecule has 2 aromatic heterocycles. The molecule has 1 saturated heterocycles. The Morgan fingerprint density at radius 1 is 1.07 bits per heavy atom. The topological polar surface area (TPSA) is 364 Å². The second-order valence-corrected chi connectivity index (χ2v) is 17.9. The van der Waals surface area contributed by atoms with Crippen LogP contribution in [0.25, 0.3) is 11.2 Å². The maximum Gasteiger partial charge on any atom is 0.481 e. The Balaban J connectivity index is 1.51. The molecule has 8 atom stereocenters. The van der Waals surface area contributed by atoms with Crippen LogP contribution in [-0.4, -0.2) is 123 Å². The van der Waals surface area contributed by atoms with Gasteiger partial charge in [0.05, 0.1) is 19.5 Å². The Kier molecular flexibility index (Phi) is 16.3. The Labute approximate surface area is 312 Å². The number of rotatable bonds is 21. The number of carbonyl (C=O) groups is 3. The number of nitrogens with one attached hydrogen (secondary N) is 2. The minimum atomic E-state index is -5.56. The van der Waals surface area contributed by atoms with E-state index in [0.717, 1.165) is 29.0 Å². The lowest BCUT2D eigenvalue weighted by atomic mass is 9.87. The van der Waals surface area contributed by atoms with E-state index in [1.807, 2.05) is 13.8 Å². The number of hydrogen-bond acceptors (Lipinski definition) is 18. The van der Waals surface area contributed by atoms with Crippen molar-refractivity contribution in [3.05, 3.63) is 12.7 Å². The maximum absolute atomic E-state index is 12.7. The zero-order valence-electron chi connectivity index (χ0n) is 29.4. The second kappa shape index (κ2) is 19.1. The summed E-state index contributed by atoms with van der Waals surface area (Å²) in [6, 6.07) is 0. The quantitative estimate of drug-likeness (QED) is 0.0575. The van der Waals surface area contributed by atoms with E-state index in [9.17, 15) is 57.9 Å². The van der Waals surface area contributed by atoms with Gasteiger partial charge in [0.1, 0.15) is 36.3 Å². The molecule has 0 aliphatic carbocycles. The number of hydrogen-bond donors (Lipinski definition) is 9. The van der Waals surface area contributed by atoms with E-state index in [0.29, 0.717) is 12.2 Å². The SMILES string of the molecule is CC[C@H](C)C(=O)SCCNC(=O)CCNC(=O)[C@H](O)C(C)(C)COP(=O)(O)OP(=O)(O)OC[C@H]1O[C@@H](n2cnc3c(N)ncnc32)C(O)[C@H]1OP(=O)(O)O. The highest BCUT2D eigenvalue weighted by molar-refractivity contribution is 8.13. The first-order valence-electron chi connectivity index (χ1n) is 16.0. The van der Waals surface area contributed by atoms with E-state index in [4.69, 9.17) is 19.5 Å². The smallest absolute Gasteiger partial charge is 0.386 e. The van der Waals surface area contributed by atoms with Gasteiger partial charge in [0.25, 0.3) is 0 Å². The molecule has 0 bridgehead atoms. The summed E-state index contributed by atoms with van der Waals surface area (Å²) in [5.41, 5.74) is 4.27. The first-order chi connectivity index (χ1) is 25.0. The van der Waals surface area contributed by atoms with E-state index in [1.54, 1.807) is 0 Å². The van der Waals surface area contributed by atoms with E-state index in [-0.39, 0.29) is 47.5 Å². The predicted molar refractivity (Wildman–Crippen MR) is 187 cm³/mol. The third-order valence-corrected chi connectivity index (χ3v) is 12.0. The van der Waals surface area contributed by atoms with Gasteiger partial charge in [0.15, 0.2) is 22.8 Å². The number of fused-ring (bicyclic) bond motifs is 1. The summed E-state index contributed by atoms with van der Waals surface area (Å²) < 4.78 is 62.0. The number of nitrogen functional groups attached to an aromatic ring is 1. The fraction of sp³-hybridized carbons (Fsp3) is 0.692. The summed E-state index contributed by atoms with van der Waals surface area (Å²) in [6.45, 7) is 4.23. The fourth-order valence-corrected chi connectivity index (χ4v) is 8.28. The number of imidazole rings is 1. The van der Waals surface area contributed by atoms with Crippen LogP contribution in [0.5, 0.6) is 0 Å². The summed E-state index contributed by atoms with van der Waals surface area (Å²) in [5.74, 6) is -1.16. The van der Waals surface area contributed by atoms with Crippen LogP contribution in [0.2, 0.25) is 0 Å². The minimum absolute atomic E-state index is 0.0173. The number of thioether (sulfide) groups is 1. The number of amides is 2. The number of nitrogens with two attached hydrogens (primary N) is 1. The highest BCUT2D eigenvalue weighted by atomic mass is 32.2. The number of aliphatic hydroxyl groups excluding tert-OH is 2. The van der Waals surface area contributed by atoms with Crippen LogP contribution < -0.4 is 16.4 Å². The first-order valence-corrected chi connectivity index (χ1v) is 21.5. The average Bonchev–Trinajstić information content (AvgIpc) is 3.64. The Bertz CT molecular complexity index is 1780. The lowest BCUT2D eigenvalue weighted by Gasteiger charge is -2.30. The highest BCUT2D eigenvalue weighted by Crippen LogP contribution is 2.61. The van der Waals surface area contributed by atoms with Gasteiger partial charge in [-0.1, -0.05) is 39.5 Å². The molecule has 0 saturated carbocycles. The third kappa shape index (κ3) is 13.4. The van der Waals surface area contributed by atoms with Crippen molar-refractivity contribution in [2.45, 2.75) is 71.2 Å². The molecule has 1 fully saturated rings. The Hall–Kier alpha value is -2.44. The van der Waals surface area contributed by atoms with Crippen LogP contribution in [-0.2, 0) is 50.7 Å². The number of phosphoric acid groups is 3. The molecule has 1 aliphatic rings. The molecule has 306 valence electrons. The van der Waals surface area contributed by atoms with E-state index in [2.05, 4.69) is 34.4 Å². The lowest BCUT2D eigenvalue weighted by molar-refractivity contribution is -0.137. The van der Waals surface area contributed by atoms with Crippen LogP contribution in [0.1, 0.15) is 46.8 Å². The Morgan fingerprint density at radius 2 is 1.74 bits per heavy atom. The summed E-state index contributed by atoms with van der Waals surface area (Å²) in [6.07, 6.45) is -6.18. The van der Waals surface area contributed by atoms with Crippen molar-refractivity contribution < 1.29 is 80.5 Å². The molecule has 28 heteroatoms. The summed E-state index contributed by atoms with van der Waals surface area (Å²) in [5, 5.41) is 26.3. The molecule has 3 unspecified atom stereocenters. The molecule has 3 rings (SSSR count). The average molecular weight is 852 g/mol. The predicted octanol–water partition coefficient (Wildman–Crippen LogP) is -0.289. The molecule has 0 spiro atoms. The van der Waals surface area contributed by atoms with Gasteiger partial charge in [0.2, 0.25) is 11.8 Å². The van der Waals surface area contributed by atoms with E-state index >= 15 is 0 Å². The maximum atomic E-state index is 12.7. The molecule has 2 aromatic rings. The van der Waals surface area contributed by atoms with Gasteiger partial charge < -0.3 is 50.9 Å².